The fraction of sp³-hybridized carbons (Fsp3) is 0.529. The number of Topliss-reactive ketones (excluding diaryl/α,β-unsaturated/α-hetero) is 1. The molecule has 0 N–H and O–H groups in total. The third kappa shape index (κ3) is 3.37. The second-order valence-corrected chi connectivity index (χ2v) is 6.71. The molecule has 0 aromatic heterocycles. The summed E-state index contributed by atoms with van der Waals surface area (Å²) in [6.45, 7) is 6.59. The first kappa shape index (κ1) is 16.2. The topological polar surface area (TPSA) is 37.4 Å². The smallest absolute Gasteiger partial charge is 0.230 e. The Morgan fingerprint density at radius 3 is 2.52 bits per heavy atom. The molecule has 1 aliphatic carbocycles. The van der Waals surface area contributed by atoms with Crippen molar-refractivity contribution in [1.29, 1.82) is 0 Å². The minimum Gasteiger partial charge on any atom is -0.312 e. The molecule has 1 unspecified atom stereocenters. The molecule has 2 aliphatic rings. The van der Waals surface area contributed by atoms with E-state index in [1.807, 2.05) is 43.9 Å². The predicted octanol–water partition coefficient (Wildman–Crippen LogP) is 3.98. The van der Waals surface area contributed by atoms with E-state index >= 15 is 0 Å². The van der Waals surface area contributed by atoms with Crippen LogP contribution in [-0.2, 0) is 11.2 Å². The number of fused-ring (bicyclic) bond motifs is 1. The zero-order chi connectivity index (χ0) is 15.6. The standard InChI is InChI=1S/C15H16BrNO2.C2H6/c1-9(16)14(18)12-4-5-13-11(8-12)6-7-17(13)15(19)10-2-3-10;1-2/h4-5,8-10H,2-3,6-7H2,1H3;1-2H3. The van der Waals surface area contributed by atoms with E-state index in [2.05, 4.69) is 15.9 Å². The van der Waals surface area contributed by atoms with Crippen LogP contribution in [0.1, 0.15) is 49.5 Å². The summed E-state index contributed by atoms with van der Waals surface area (Å²) in [4.78, 5) is 25.8. The van der Waals surface area contributed by atoms with Crippen LogP contribution >= 0.6 is 15.9 Å². The largest absolute Gasteiger partial charge is 0.312 e. The molecular weight excluding hydrogens is 330 g/mol. The Hall–Kier alpha value is -1.16. The normalized spacial score (nSPS) is 17.6. The number of rotatable bonds is 3. The van der Waals surface area contributed by atoms with E-state index in [4.69, 9.17) is 0 Å². The molecule has 1 aromatic carbocycles. The number of amides is 1. The van der Waals surface area contributed by atoms with Gasteiger partial charge in [-0.25, -0.2) is 0 Å². The van der Waals surface area contributed by atoms with E-state index in [1.165, 1.54) is 0 Å². The SMILES string of the molecule is CC.CC(Br)C(=O)c1ccc2c(c1)CCN2C(=O)C1CC1. The average molecular weight is 352 g/mol. The lowest BCUT2D eigenvalue weighted by Crippen LogP contribution is -2.30. The minimum atomic E-state index is -0.170. The quantitative estimate of drug-likeness (QED) is 0.610. The van der Waals surface area contributed by atoms with Gasteiger partial charge in [0.1, 0.15) is 0 Å². The molecule has 0 radical (unpaired) electrons. The first-order valence-corrected chi connectivity index (χ1v) is 8.62. The summed E-state index contributed by atoms with van der Waals surface area (Å²) in [5.74, 6) is 0.594. The number of alkyl halides is 1. The summed E-state index contributed by atoms with van der Waals surface area (Å²) in [5.41, 5.74) is 2.84. The van der Waals surface area contributed by atoms with Crippen LogP contribution in [0.15, 0.2) is 18.2 Å². The van der Waals surface area contributed by atoms with E-state index in [0.717, 1.165) is 42.6 Å². The molecule has 1 amide bonds. The number of nitrogens with zero attached hydrogens (tertiary/aromatic N) is 1. The van der Waals surface area contributed by atoms with Gasteiger partial charge >= 0.3 is 0 Å². The highest BCUT2D eigenvalue weighted by Gasteiger charge is 2.36. The summed E-state index contributed by atoms with van der Waals surface area (Å²) in [7, 11) is 0. The lowest BCUT2D eigenvalue weighted by Gasteiger charge is -2.17. The fourth-order valence-corrected chi connectivity index (χ4v) is 2.83. The molecule has 1 aromatic rings. The van der Waals surface area contributed by atoms with Crippen molar-refractivity contribution in [3.05, 3.63) is 29.3 Å². The Kier molecular flexibility index (Phi) is 5.20. The van der Waals surface area contributed by atoms with Gasteiger partial charge in [0, 0.05) is 23.7 Å². The highest BCUT2D eigenvalue weighted by atomic mass is 79.9. The molecule has 1 heterocycles. The zero-order valence-electron chi connectivity index (χ0n) is 12.9. The molecule has 0 bridgehead atoms. The number of ketones is 1. The van der Waals surface area contributed by atoms with Crippen molar-refractivity contribution in [3.63, 3.8) is 0 Å². The van der Waals surface area contributed by atoms with Gasteiger partial charge in [0.05, 0.1) is 4.83 Å². The molecule has 4 heteroatoms. The molecule has 1 aliphatic heterocycles. The maximum Gasteiger partial charge on any atom is 0.230 e. The number of hydrogen-bond donors (Lipinski definition) is 0. The second kappa shape index (κ2) is 6.73. The number of benzene rings is 1. The van der Waals surface area contributed by atoms with Crippen LogP contribution in [0.5, 0.6) is 0 Å². The zero-order valence-corrected chi connectivity index (χ0v) is 14.4. The van der Waals surface area contributed by atoms with Crippen LogP contribution in [0.4, 0.5) is 5.69 Å². The first-order valence-electron chi connectivity index (χ1n) is 7.70. The molecule has 1 atom stereocenters. The van der Waals surface area contributed by atoms with Crippen molar-refractivity contribution < 1.29 is 9.59 Å². The van der Waals surface area contributed by atoms with Crippen molar-refractivity contribution in [2.75, 3.05) is 11.4 Å². The Labute approximate surface area is 134 Å². The first-order chi connectivity index (χ1) is 10.1. The molecule has 0 saturated heterocycles. The molecule has 114 valence electrons. The van der Waals surface area contributed by atoms with E-state index in [1.54, 1.807) is 0 Å². The molecule has 1 saturated carbocycles. The van der Waals surface area contributed by atoms with Crippen LogP contribution in [0, 0.1) is 5.92 Å². The molecular formula is C17H22BrNO2. The number of halogens is 1. The van der Waals surface area contributed by atoms with Gasteiger partial charge in [0.15, 0.2) is 5.78 Å². The maximum atomic E-state index is 12.1. The maximum absolute atomic E-state index is 12.1. The van der Waals surface area contributed by atoms with Crippen molar-refractivity contribution in [1.82, 2.24) is 0 Å². The van der Waals surface area contributed by atoms with E-state index in [9.17, 15) is 9.59 Å². The van der Waals surface area contributed by atoms with Gasteiger partial charge in [-0.05, 0) is 49.9 Å². The number of carbonyl (C=O) groups is 2. The number of hydrogen-bond acceptors (Lipinski definition) is 2. The predicted molar refractivity (Wildman–Crippen MR) is 89.3 cm³/mol. The minimum absolute atomic E-state index is 0.0924. The fourth-order valence-electron chi connectivity index (χ4n) is 2.56. The molecule has 3 nitrogen and oxygen atoms in total. The Morgan fingerprint density at radius 1 is 1.29 bits per heavy atom. The monoisotopic (exact) mass is 351 g/mol. The average Bonchev–Trinajstić information content (AvgIpc) is 3.27. The molecule has 0 spiro atoms. The van der Waals surface area contributed by atoms with Gasteiger partial charge in [0.25, 0.3) is 0 Å². The molecule has 3 rings (SSSR count). The third-order valence-corrected chi connectivity index (χ3v) is 4.23. The van der Waals surface area contributed by atoms with Gasteiger partial charge in [-0.3, -0.25) is 9.59 Å². The summed E-state index contributed by atoms with van der Waals surface area (Å²) in [5, 5.41) is 0. The van der Waals surface area contributed by atoms with Gasteiger partial charge in [-0.1, -0.05) is 29.8 Å². The number of anilines is 1. The van der Waals surface area contributed by atoms with Gasteiger partial charge in [-0.2, -0.15) is 0 Å². The Balaban J connectivity index is 0.000000774. The second-order valence-electron chi connectivity index (χ2n) is 5.34. The van der Waals surface area contributed by atoms with Crippen molar-refractivity contribution in [2.45, 2.75) is 44.9 Å². The summed E-state index contributed by atoms with van der Waals surface area (Å²) >= 11 is 3.31. The van der Waals surface area contributed by atoms with Crippen molar-refractivity contribution in [3.8, 4) is 0 Å². The van der Waals surface area contributed by atoms with E-state index in [-0.39, 0.29) is 22.4 Å². The van der Waals surface area contributed by atoms with Crippen molar-refractivity contribution in [2.24, 2.45) is 5.92 Å². The third-order valence-electron chi connectivity index (χ3n) is 3.81. The Morgan fingerprint density at radius 2 is 1.95 bits per heavy atom. The highest BCUT2D eigenvalue weighted by molar-refractivity contribution is 9.10. The number of carbonyl (C=O) groups excluding carboxylic acids is 2. The van der Waals surface area contributed by atoms with Crippen molar-refractivity contribution >= 4 is 33.3 Å². The summed E-state index contributed by atoms with van der Waals surface area (Å²) < 4.78 is 0. The highest BCUT2D eigenvalue weighted by Crippen LogP contribution is 2.36. The summed E-state index contributed by atoms with van der Waals surface area (Å²) in [6, 6.07) is 5.69. The molecule has 21 heavy (non-hydrogen) atoms. The van der Waals surface area contributed by atoms with Crippen LogP contribution in [-0.4, -0.2) is 23.1 Å². The van der Waals surface area contributed by atoms with Crippen LogP contribution in [0.3, 0.4) is 0 Å². The van der Waals surface area contributed by atoms with Crippen LogP contribution in [0.2, 0.25) is 0 Å². The lowest BCUT2D eigenvalue weighted by molar-refractivity contribution is -0.119. The van der Waals surface area contributed by atoms with Crippen LogP contribution in [0.25, 0.3) is 0 Å². The molecule has 1 fully saturated rings. The van der Waals surface area contributed by atoms with Crippen LogP contribution < -0.4 is 4.90 Å². The van der Waals surface area contributed by atoms with E-state index < -0.39 is 0 Å². The lowest BCUT2D eigenvalue weighted by atomic mass is 10.0. The van der Waals surface area contributed by atoms with Gasteiger partial charge in [-0.15, -0.1) is 0 Å². The van der Waals surface area contributed by atoms with Gasteiger partial charge in [0.2, 0.25) is 5.91 Å². The van der Waals surface area contributed by atoms with Gasteiger partial charge < -0.3 is 4.90 Å². The Bertz CT molecular complexity index is 550. The summed E-state index contributed by atoms with van der Waals surface area (Å²) in [6.07, 6.45) is 2.91. The van der Waals surface area contributed by atoms with E-state index in [0.29, 0.717) is 0 Å².